The first-order valence-corrected chi connectivity index (χ1v) is 8.23. The highest BCUT2D eigenvalue weighted by atomic mass is 32.2. The molecule has 0 saturated heterocycles. The van der Waals surface area contributed by atoms with E-state index in [0.717, 1.165) is 25.7 Å². The Hall–Kier alpha value is -1.50. The second kappa shape index (κ2) is 6.78. The van der Waals surface area contributed by atoms with Gasteiger partial charge in [0.25, 0.3) is 0 Å². The largest absolute Gasteiger partial charge is 0.362 e. The predicted molar refractivity (Wildman–Crippen MR) is 79.2 cm³/mol. The Kier molecular flexibility index (Phi) is 5.05. The fourth-order valence-electron chi connectivity index (χ4n) is 2.60. The highest BCUT2D eigenvalue weighted by Gasteiger charge is 2.27. The van der Waals surface area contributed by atoms with Gasteiger partial charge in [-0.3, -0.25) is 14.3 Å². The summed E-state index contributed by atoms with van der Waals surface area (Å²) in [4.78, 5) is 14.6. The maximum absolute atomic E-state index is 11.9. The lowest BCUT2D eigenvalue weighted by molar-refractivity contribution is -0.384. The van der Waals surface area contributed by atoms with Gasteiger partial charge in [0.1, 0.15) is 0 Å². The molecule has 1 fully saturated rings. The Bertz CT molecular complexity index is 509. The van der Waals surface area contributed by atoms with Gasteiger partial charge in [0.05, 0.1) is 4.92 Å². The summed E-state index contributed by atoms with van der Waals surface area (Å²) in [5.74, 6) is 0.978. The standard InChI is InChI=1S/C13H19N3O3S/c1-2-20(19)11-6-3-5-10(9-11)15-13-12(16(17)18)7-4-8-14-13/h4,7-8,10-11H,2-3,5-6,9H2,1H3,(H,14,15). The highest BCUT2D eigenvalue weighted by molar-refractivity contribution is 7.85. The minimum Gasteiger partial charge on any atom is -0.362 e. The second-order valence-corrected chi connectivity index (χ2v) is 6.93. The molecule has 0 spiro atoms. The fourth-order valence-corrected chi connectivity index (χ4v) is 3.95. The first kappa shape index (κ1) is 14.9. The van der Waals surface area contributed by atoms with E-state index in [-0.39, 0.29) is 17.0 Å². The zero-order valence-electron chi connectivity index (χ0n) is 11.4. The Morgan fingerprint density at radius 1 is 1.55 bits per heavy atom. The molecule has 0 aliphatic heterocycles. The molecule has 1 aromatic rings. The first-order chi connectivity index (χ1) is 9.61. The van der Waals surface area contributed by atoms with Crippen molar-refractivity contribution in [2.24, 2.45) is 0 Å². The van der Waals surface area contributed by atoms with E-state index in [1.54, 1.807) is 12.3 Å². The van der Waals surface area contributed by atoms with Crippen LogP contribution in [0.3, 0.4) is 0 Å². The van der Waals surface area contributed by atoms with Crippen LogP contribution in [0.4, 0.5) is 11.5 Å². The van der Waals surface area contributed by atoms with Crippen molar-refractivity contribution in [1.82, 2.24) is 4.98 Å². The maximum atomic E-state index is 11.9. The molecule has 1 aliphatic rings. The minimum atomic E-state index is -0.801. The number of anilines is 1. The van der Waals surface area contributed by atoms with Gasteiger partial charge >= 0.3 is 5.69 Å². The van der Waals surface area contributed by atoms with Gasteiger partial charge in [0, 0.05) is 40.1 Å². The number of hydrogen-bond acceptors (Lipinski definition) is 5. The molecule has 1 aromatic heterocycles. The lowest BCUT2D eigenvalue weighted by atomic mass is 9.95. The van der Waals surface area contributed by atoms with Crippen LogP contribution in [0.1, 0.15) is 32.6 Å². The van der Waals surface area contributed by atoms with Crippen LogP contribution in [-0.4, -0.2) is 31.2 Å². The van der Waals surface area contributed by atoms with Gasteiger partial charge in [-0.05, 0) is 25.3 Å². The number of pyridine rings is 1. The molecule has 110 valence electrons. The van der Waals surface area contributed by atoms with E-state index < -0.39 is 15.7 Å². The SMILES string of the molecule is CCS(=O)C1CCCC(Nc2ncccc2[N+](=O)[O-])C1. The van der Waals surface area contributed by atoms with E-state index in [1.165, 1.54) is 6.07 Å². The molecule has 7 heteroatoms. The van der Waals surface area contributed by atoms with Crippen LogP contribution in [0.2, 0.25) is 0 Å². The smallest absolute Gasteiger partial charge is 0.311 e. The van der Waals surface area contributed by atoms with E-state index in [0.29, 0.717) is 11.6 Å². The van der Waals surface area contributed by atoms with Crippen LogP contribution in [-0.2, 0) is 10.8 Å². The van der Waals surface area contributed by atoms with Crippen LogP contribution >= 0.6 is 0 Å². The molecule has 0 bridgehead atoms. The van der Waals surface area contributed by atoms with E-state index in [2.05, 4.69) is 10.3 Å². The molecule has 3 atom stereocenters. The maximum Gasteiger partial charge on any atom is 0.311 e. The van der Waals surface area contributed by atoms with E-state index >= 15 is 0 Å². The van der Waals surface area contributed by atoms with Gasteiger partial charge in [-0.15, -0.1) is 0 Å². The molecule has 1 aliphatic carbocycles. The molecule has 20 heavy (non-hydrogen) atoms. The van der Waals surface area contributed by atoms with Crippen molar-refractivity contribution in [2.45, 2.75) is 43.9 Å². The predicted octanol–water partition coefficient (Wildman–Crippen LogP) is 2.48. The van der Waals surface area contributed by atoms with Crippen molar-refractivity contribution >= 4 is 22.3 Å². The Balaban J connectivity index is 2.06. The van der Waals surface area contributed by atoms with E-state index in [4.69, 9.17) is 0 Å². The molecule has 0 amide bonds. The van der Waals surface area contributed by atoms with Gasteiger partial charge < -0.3 is 5.32 Å². The Labute approximate surface area is 120 Å². The summed E-state index contributed by atoms with van der Waals surface area (Å²) in [5, 5.41) is 14.3. The van der Waals surface area contributed by atoms with Crippen molar-refractivity contribution < 1.29 is 9.13 Å². The number of rotatable bonds is 5. The number of hydrogen-bond donors (Lipinski definition) is 1. The Morgan fingerprint density at radius 2 is 2.35 bits per heavy atom. The van der Waals surface area contributed by atoms with Crippen LogP contribution in [0, 0.1) is 10.1 Å². The van der Waals surface area contributed by atoms with Crippen LogP contribution in [0.15, 0.2) is 18.3 Å². The van der Waals surface area contributed by atoms with Crippen molar-refractivity contribution in [1.29, 1.82) is 0 Å². The zero-order valence-corrected chi connectivity index (χ0v) is 12.3. The molecule has 2 rings (SSSR count). The summed E-state index contributed by atoms with van der Waals surface area (Å²) in [5.41, 5.74) is -0.00811. The first-order valence-electron chi connectivity index (χ1n) is 6.85. The Morgan fingerprint density at radius 3 is 3.05 bits per heavy atom. The molecule has 3 unspecified atom stereocenters. The summed E-state index contributed by atoms with van der Waals surface area (Å²) >= 11 is 0. The molecule has 6 nitrogen and oxygen atoms in total. The quantitative estimate of drug-likeness (QED) is 0.666. The average molecular weight is 297 g/mol. The summed E-state index contributed by atoms with van der Waals surface area (Å²) in [6.45, 7) is 1.93. The molecule has 1 heterocycles. The average Bonchev–Trinajstić information content (AvgIpc) is 2.47. The van der Waals surface area contributed by atoms with Crippen LogP contribution < -0.4 is 5.32 Å². The van der Waals surface area contributed by atoms with Gasteiger partial charge in [-0.1, -0.05) is 13.3 Å². The fraction of sp³-hybridized carbons (Fsp3) is 0.615. The van der Waals surface area contributed by atoms with Gasteiger partial charge in [-0.2, -0.15) is 0 Å². The lowest BCUT2D eigenvalue weighted by Gasteiger charge is -2.29. The van der Waals surface area contributed by atoms with Gasteiger partial charge in [0.15, 0.2) is 0 Å². The van der Waals surface area contributed by atoms with Crippen LogP contribution in [0.25, 0.3) is 0 Å². The zero-order chi connectivity index (χ0) is 14.5. The summed E-state index contributed by atoms with van der Waals surface area (Å²) in [7, 11) is -0.801. The topological polar surface area (TPSA) is 85.1 Å². The monoisotopic (exact) mass is 297 g/mol. The minimum absolute atomic E-state index is 0.00811. The van der Waals surface area contributed by atoms with Crippen molar-refractivity contribution in [2.75, 3.05) is 11.1 Å². The number of nitrogens with zero attached hydrogens (tertiary/aromatic N) is 2. The molecular weight excluding hydrogens is 278 g/mol. The highest BCUT2D eigenvalue weighted by Crippen LogP contribution is 2.28. The summed E-state index contributed by atoms with van der Waals surface area (Å²) in [6.07, 6.45) is 5.23. The summed E-state index contributed by atoms with van der Waals surface area (Å²) < 4.78 is 11.9. The third kappa shape index (κ3) is 3.53. The number of nitro groups is 1. The third-order valence-corrected chi connectivity index (χ3v) is 5.35. The van der Waals surface area contributed by atoms with Crippen molar-refractivity contribution in [3.8, 4) is 0 Å². The number of aromatic nitrogens is 1. The molecule has 1 saturated carbocycles. The van der Waals surface area contributed by atoms with Crippen molar-refractivity contribution in [3.05, 3.63) is 28.4 Å². The van der Waals surface area contributed by atoms with Gasteiger partial charge in [-0.25, -0.2) is 4.98 Å². The van der Waals surface area contributed by atoms with Crippen molar-refractivity contribution in [3.63, 3.8) is 0 Å². The lowest BCUT2D eigenvalue weighted by Crippen LogP contribution is -2.33. The second-order valence-electron chi connectivity index (χ2n) is 4.93. The molecule has 0 radical (unpaired) electrons. The molecular formula is C13H19N3O3S. The third-order valence-electron chi connectivity index (χ3n) is 3.61. The van der Waals surface area contributed by atoms with E-state index in [9.17, 15) is 14.3 Å². The van der Waals surface area contributed by atoms with Crippen LogP contribution in [0.5, 0.6) is 0 Å². The normalized spacial score (nSPS) is 24.1. The summed E-state index contributed by atoms with van der Waals surface area (Å²) in [6, 6.07) is 3.11. The molecule has 1 N–H and O–H groups in total. The van der Waals surface area contributed by atoms with Gasteiger partial charge in [0.2, 0.25) is 5.82 Å². The number of nitrogens with one attached hydrogen (secondary N) is 1. The molecule has 0 aromatic carbocycles. The van der Waals surface area contributed by atoms with E-state index in [1.807, 2.05) is 6.92 Å².